The number of allylic oxidation sites excluding steroid dienone is 1. The number of hydrogen-bond acceptors (Lipinski definition) is 6. The van der Waals surface area contributed by atoms with E-state index in [1.165, 1.54) is 23.5 Å². The van der Waals surface area contributed by atoms with Crippen LogP contribution in [0.5, 0.6) is 0 Å². The first-order valence-corrected chi connectivity index (χ1v) is 13.9. The van der Waals surface area contributed by atoms with Crippen LogP contribution in [0.4, 0.5) is 5.69 Å². The maximum atomic E-state index is 14.0. The maximum absolute atomic E-state index is 14.0. The number of likely N-dealkylation sites (N-methyl/N-ethyl adjacent to an activating group) is 1. The number of amides is 1. The van der Waals surface area contributed by atoms with Gasteiger partial charge in [0.05, 0.1) is 32.5 Å². The van der Waals surface area contributed by atoms with Crippen LogP contribution in [0.2, 0.25) is 5.02 Å². The fourth-order valence-electron chi connectivity index (χ4n) is 4.87. The zero-order chi connectivity index (χ0) is 28.6. The highest BCUT2D eigenvalue weighted by molar-refractivity contribution is 7.07. The first kappa shape index (κ1) is 27.3. The number of nitro benzene ring substituents is 1. The molecule has 0 fully saturated rings. The van der Waals surface area contributed by atoms with E-state index >= 15 is 0 Å². The molecule has 2 aromatic carbocycles. The van der Waals surface area contributed by atoms with Crippen molar-refractivity contribution in [3.8, 4) is 5.69 Å². The van der Waals surface area contributed by atoms with Gasteiger partial charge in [-0.1, -0.05) is 41.1 Å². The van der Waals surface area contributed by atoms with Gasteiger partial charge in [-0.3, -0.25) is 24.3 Å². The van der Waals surface area contributed by atoms with Crippen LogP contribution in [0.3, 0.4) is 0 Å². The van der Waals surface area contributed by atoms with E-state index in [1.807, 2.05) is 38.1 Å². The van der Waals surface area contributed by atoms with Gasteiger partial charge in [-0.05, 0) is 62.7 Å². The topological polar surface area (TPSA) is 103 Å². The van der Waals surface area contributed by atoms with Gasteiger partial charge in [-0.2, -0.15) is 0 Å². The number of thiazole rings is 1. The van der Waals surface area contributed by atoms with Crippen molar-refractivity contribution >= 4 is 40.6 Å². The Hall–Kier alpha value is -4.28. The van der Waals surface area contributed by atoms with Crippen LogP contribution in [-0.2, 0) is 4.79 Å². The van der Waals surface area contributed by atoms with Gasteiger partial charge in [0, 0.05) is 42.1 Å². The number of nitrogens with zero attached hydrogens (tertiary/aromatic N) is 5. The number of hydrogen-bond donors (Lipinski definition) is 0. The van der Waals surface area contributed by atoms with Crippen molar-refractivity contribution in [3.63, 3.8) is 0 Å². The Morgan fingerprint density at radius 3 is 2.55 bits per heavy atom. The zero-order valence-electron chi connectivity index (χ0n) is 22.1. The van der Waals surface area contributed by atoms with Crippen LogP contribution >= 0.6 is 22.9 Å². The van der Waals surface area contributed by atoms with Gasteiger partial charge in [-0.25, -0.2) is 4.99 Å². The van der Waals surface area contributed by atoms with Crippen molar-refractivity contribution in [2.45, 2.75) is 26.8 Å². The minimum absolute atomic E-state index is 0.0274. The lowest BCUT2D eigenvalue weighted by molar-refractivity contribution is -0.384. The highest BCUT2D eigenvalue weighted by Crippen LogP contribution is 2.32. The lowest BCUT2D eigenvalue weighted by Crippen LogP contribution is -2.43. The minimum atomic E-state index is -0.674. The second-order valence-corrected chi connectivity index (χ2v) is 10.6. The fraction of sp³-hybridized carbons (Fsp3) is 0.207. The molecule has 2 aromatic heterocycles. The number of benzene rings is 2. The lowest BCUT2D eigenvalue weighted by atomic mass is 9.94. The van der Waals surface area contributed by atoms with E-state index in [4.69, 9.17) is 16.6 Å². The minimum Gasteiger partial charge on any atom is -0.339 e. The SMILES string of the molecule is CCN(CC)C(=O)C1=C(C)N=c2s/c(=C/c3cccn3-c3cccc([N+](=O)[O-])c3)c(=O)n2[C@@H]1c1ccc(Cl)cc1. The Labute approximate surface area is 238 Å². The molecule has 0 unspecified atom stereocenters. The van der Waals surface area contributed by atoms with Crippen LogP contribution in [0.25, 0.3) is 11.8 Å². The van der Waals surface area contributed by atoms with Crippen molar-refractivity contribution in [1.82, 2.24) is 14.0 Å². The molecule has 1 aliphatic rings. The monoisotopic (exact) mass is 575 g/mol. The summed E-state index contributed by atoms with van der Waals surface area (Å²) in [6, 6.07) is 16.4. The third-order valence-electron chi connectivity index (χ3n) is 6.87. The Morgan fingerprint density at radius 2 is 1.88 bits per heavy atom. The van der Waals surface area contributed by atoms with E-state index in [0.717, 1.165) is 5.56 Å². The molecule has 0 spiro atoms. The number of carbonyl (C=O) groups excluding carboxylic acids is 1. The maximum Gasteiger partial charge on any atom is 0.271 e. The summed E-state index contributed by atoms with van der Waals surface area (Å²) in [5, 5.41) is 11.9. The molecule has 11 heteroatoms. The zero-order valence-corrected chi connectivity index (χ0v) is 23.6. The molecule has 0 saturated carbocycles. The van der Waals surface area contributed by atoms with Gasteiger partial charge in [0.25, 0.3) is 17.2 Å². The number of fused-ring (bicyclic) bond motifs is 1. The predicted molar refractivity (Wildman–Crippen MR) is 156 cm³/mol. The summed E-state index contributed by atoms with van der Waals surface area (Å²) in [6.45, 7) is 6.68. The molecule has 1 atom stereocenters. The van der Waals surface area contributed by atoms with Crippen molar-refractivity contribution in [3.05, 3.63) is 124 Å². The number of aromatic nitrogens is 2. The second-order valence-electron chi connectivity index (χ2n) is 9.19. The number of non-ortho nitro benzene ring substituents is 1. The van der Waals surface area contributed by atoms with Crippen molar-refractivity contribution in [2.75, 3.05) is 13.1 Å². The molecule has 1 amide bonds. The molecular formula is C29H26ClN5O4S. The number of halogens is 1. The Morgan fingerprint density at radius 1 is 1.15 bits per heavy atom. The molecule has 1 aliphatic heterocycles. The van der Waals surface area contributed by atoms with E-state index in [0.29, 0.717) is 50.1 Å². The third kappa shape index (κ3) is 4.91. The molecule has 0 bridgehead atoms. The normalized spacial score (nSPS) is 15.1. The van der Waals surface area contributed by atoms with E-state index < -0.39 is 11.0 Å². The highest BCUT2D eigenvalue weighted by Gasteiger charge is 2.34. The second kappa shape index (κ2) is 11.1. The molecule has 3 heterocycles. The van der Waals surface area contributed by atoms with Crippen LogP contribution in [-0.4, -0.2) is 38.0 Å². The van der Waals surface area contributed by atoms with Gasteiger partial charge in [-0.15, -0.1) is 0 Å². The van der Waals surface area contributed by atoms with Crippen LogP contribution < -0.4 is 14.9 Å². The van der Waals surface area contributed by atoms with Gasteiger partial charge in [0.1, 0.15) is 0 Å². The summed E-state index contributed by atoms with van der Waals surface area (Å²) in [5.41, 5.74) is 2.72. The molecule has 9 nitrogen and oxygen atoms in total. The Bertz CT molecular complexity index is 1830. The molecule has 0 N–H and O–H groups in total. The quantitative estimate of drug-likeness (QED) is 0.240. The number of rotatable bonds is 7. The van der Waals surface area contributed by atoms with Crippen molar-refractivity contribution < 1.29 is 9.72 Å². The standard InChI is InChI=1S/C29H26ClN5O4S/c1-4-32(5-2)28(37)25-18(3)31-29-34(26(25)19-11-13-20(30)14-12-19)27(36)24(40-29)17-22-10-7-15-33(22)21-8-6-9-23(16-21)35(38)39/h6-17,26H,4-5H2,1-3H3/b24-17+/t26-/m1/s1. The van der Waals surface area contributed by atoms with Gasteiger partial charge >= 0.3 is 0 Å². The van der Waals surface area contributed by atoms with E-state index in [-0.39, 0.29) is 17.2 Å². The molecular weight excluding hydrogens is 550 g/mol. The molecule has 0 saturated heterocycles. The van der Waals surface area contributed by atoms with Crippen LogP contribution in [0.1, 0.15) is 38.1 Å². The van der Waals surface area contributed by atoms with Crippen LogP contribution in [0.15, 0.2) is 87.9 Å². The van der Waals surface area contributed by atoms with Gasteiger partial charge < -0.3 is 9.47 Å². The molecule has 204 valence electrons. The fourth-order valence-corrected chi connectivity index (χ4v) is 6.03. The molecule has 0 aliphatic carbocycles. The van der Waals surface area contributed by atoms with Crippen molar-refractivity contribution in [2.24, 2.45) is 4.99 Å². The Balaban J connectivity index is 1.69. The molecule has 4 aromatic rings. The van der Waals surface area contributed by atoms with E-state index in [2.05, 4.69) is 0 Å². The molecule has 5 rings (SSSR count). The van der Waals surface area contributed by atoms with Crippen molar-refractivity contribution in [1.29, 1.82) is 0 Å². The summed E-state index contributed by atoms with van der Waals surface area (Å²) < 4.78 is 3.78. The highest BCUT2D eigenvalue weighted by atomic mass is 35.5. The molecule has 0 radical (unpaired) electrons. The first-order valence-electron chi connectivity index (χ1n) is 12.7. The lowest BCUT2D eigenvalue weighted by Gasteiger charge is -2.29. The summed E-state index contributed by atoms with van der Waals surface area (Å²) in [6.07, 6.45) is 3.52. The van der Waals surface area contributed by atoms with Crippen LogP contribution in [0, 0.1) is 10.1 Å². The summed E-state index contributed by atoms with van der Waals surface area (Å²) >= 11 is 7.40. The number of nitro groups is 1. The Kier molecular flexibility index (Phi) is 7.55. The summed E-state index contributed by atoms with van der Waals surface area (Å²) in [5.74, 6) is -0.167. The van der Waals surface area contributed by atoms with Gasteiger partial charge in [0.15, 0.2) is 4.80 Å². The number of carbonyl (C=O) groups is 1. The largest absolute Gasteiger partial charge is 0.339 e. The van der Waals surface area contributed by atoms with Gasteiger partial charge in [0.2, 0.25) is 0 Å². The molecule has 40 heavy (non-hydrogen) atoms. The first-order chi connectivity index (χ1) is 19.2. The summed E-state index contributed by atoms with van der Waals surface area (Å²) in [7, 11) is 0. The smallest absolute Gasteiger partial charge is 0.271 e. The van der Waals surface area contributed by atoms with E-state index in [9.17, 15) is 19.7 Å². The predicted octanol–water partition coefficient (Wildman–Crippen LogP) is 4.46. The van der Waals surface area contributed by atoms with E-state index in [1.54, 1.807) is 57.5 Å². The summed E-state index contributed by atoms with van der Waals surface area (Å²) in [4.78, 5) is 45.4. The average molecular weight is 576 g/mol. The third-order valence-corrected chi connectivity index (χ3v) is 8.10. The average Bonchev–Trinajstić information content (AvgIpc) is 3.53.